The first-order chi connectivity index (χ1) is 8.02. The zero-order valence-electron chi connectivity index (χ0n) is 9.88. The Morgan fingerprint density at radius 2 is 2.24 bits per heavy atom. The lowest BCUT2D eigenvalue weighted by atomic mass is 10.0. The molecule has 0 aliphatic carbocycles. The van der Waals surface area contributed by atoms with Gasteiger partial charge in [-0.3, -0.25) is 4.79 Å². The van der Waals surface area contributed by atoms with Gasteiger partial charge in [-0.2, -0.15) is 0 Å². The fraction of sp³-hybridized carbons (Fsp3) is 0.462. The normalized spacial score (nSPS) is 12.5. The molecule has 0 aliphatic rings. The first kappa shape index (κ1) is 14.1. The standard InChI is InChI=1S/C13H17ClFNO/c1-9(8-16)2-4-11(17)6-10-3-5-13(15)12(14)7-10/h3,5,7,9H,2,4,6,8,16H2,1H3. The van der Waals surface area contributed by atoms with Crippen molar-refractivity contribution in [3.63, 3.8) is 0 Å². The Balaban J connectivity index is 2.48. The van der Waals surface area contributed by atoms with Gasteiger partial charge in [-0.1, -0.05) is 24.6 Å². The van der Waals surface area contributed by atoms with Crippen LogP contribution in [0.25, 0.3) is 0 Å². The highest BCUT2D eigenvalue weighted by Crippen LogP contribution is 2.17. The van der Waals surface area contributed by atoms with Crippen LogP contribution >= 0.6 is 11.6 Å². The van der Waals surface area contributed by atoms with Gasteiger partial charge in [0.05, 0.1) is 5.02 Å². The summed E-state index contributed by atoms with van der Waals surface area (Å²) in [6.45, 7) is 2.61. The average Bonchev–Trinajstić information content (AvgIpc) is 2.31. The summed E-state index contributed by atoms with van der Waals surface area (Å²) >= 11 is 5.64. The number of hydrogen-bond donors (Lipinski definition) is 1. The van der Waals surface area contributed by atoms with E-state index in [1.165, 1.54) is 12.1 Å². The summed E-state index contributed by atoms with van der Waals surface area (Å²) in [5.41, 5.74) is 6.23. The summed E-state index contributed by atoms with van der Waals surface area (Å²) in [6, 6.07) is 4.38. The van der Waals surface area contributed by atoms with Gasteiger partial charge in [-0.15, -0.1) is 0 Å². The van der Waals surface area contributed by atoms with Gasteiger partial charge in [0, 0.05) is 12.8 Å². The first-order valence-electron chi connectivity index (χ1n) is 5.68. The van der Waals surface area contributed by atoms with Crippen LogP contribution in [-0.2, 0) is 11.2 Å². The smallest absolute Gasteiger partial charge is 0.141 e. The lowest BCUT2D eigenvalue weighted by Crippen LogP contribution is -2.13. The van der Waals surface area contributed by atoms with Crippen LogP contribution in [0.15, 0.2) is 18.2 Å². The molecular weight excluding hydrogens is 241 g/mol. The van der Waals surface area contributed by atoms with E-state index in [4.69, 9.17) is 17.3 Å². The van der Waals surface area contributed by atoms with E-state index in [1.807, 2.05) is 6.92 Å². The molecule has 94 valence electrons. The molecule has 0 heterocycles. The number of hydrogen-bond acceptors (Lipinski definition) is 2. The summed E-state index contributed by atoms with van der Waals surface area (Å²) in [4.78, 5) is 11.7. The SMILES string of the molecule is CC(CN)CCC(=O)Cc1ccc(F)c(Cl)c1. The predicted molar refractivity (Wildman–Crippen MR) is 67.6 cm³/mol. The van der Waals surface area contributed by atoms with E-state index in [2.05, 4.69) is 0 Å². The maximum absolute atomic E-state index is 12.9. The molecule has 4 heteroatoms. The molecule has 1 atom stereocenters. The van der Waals surface area contributed by atoms with Gasteiger partial charge in [-0.25, -0.2) is 4.39 Å². The van der Waals surface area contributed by atoms with Crippen molar-refractivity contribution >= 4 is 17.4 Å². The van der Waals surface area contributed by atoms with Gasteiger partial charge in [-0.05, 0) is 36.6 Å². The lowest BCUT2D eigenvalue weighted by Gasteiger charge is -2.07. The molecule has 1 rings (SSSR count). The second kappa shape index (κ2) is 6.72. The molecule has 0 saturated heterocycles. The highest BCUT2D eigenvalue weighted by molar-refractivity contribution is 6.30. The molecule has 0 fully saturated rings. The van der Waals surface area contributed by atoms with Crippen molar-refractivity contribution in [3.05, 3.63) is 34.6 Å². The van der Waals surface area contributed by atoms with E-state index in [0.29, 0.717) is 25.3 Å². The van der Waals surface area contributed by atoms with Gasteiger partial charge in [0.15, 0.2) is 0 Å². The Bertz CT molecular complexity index is 395. The van der Waals surface area contributed by atoms with Gasteiger partial charge < -0.3 is 5.73 Å². The molecule has 1 aromatic carbocycles. The maximum atomic E-state index is 12.9. The van der Waals surface area contributed by atoms with Crippen molar-refractivity contribution in [2.45, 2.75) is 26.2 Å². The molecule has 0 amide bonds. The highest BCUT2D eigenvalue weighted by atomic mass is 35.5. The molecule has 0 aromatic heterocycles. The van der Waals surface area contributed by atoms with Crippen LogP contribution in [0, 0.1) is 11.7 Å². The number of carbonyl (C=O) groups excluding carboxylic acids is 1. The molecule has 0 aliphatic heterocycles. The number of nitrogens with two attached hydrogens (primary N) is 1. The van der Waals surface area contributed by atoms with Crippen LogP contribution in [0.4, 0.5) is 4.39 Å². The van der Waals surface area contributed by atoms with Crippen molar-refractivity contribution in [3.8, 4) is 0 Å². The summed E-state index contributed by atoms with van der Waals surface area (Å²) in [5.74, 6) is 0.0309. The number of rotatable bonds is 6. The van der Waals surface area contributed by atoms with Crippen LogP contribution in [-0.4, -0.2) is 12.3 Å². The second-order valence-corrected chi connectivity index (χ2v) is 4.75. The Kier molecular flexibility index (Phi) is 5.59. The molecule has 1 unspecified atom stereocenters. The second-order valence-electron chi connectivity index (χ2n) is 4.34. The van der Waals surface area contributed by atoms with Crippen molar-refractivity contribution in [1.82, 2.24) is 0 Å². The molecule has 1 aromatic rings. The van der Waals surface area contributed by atoms with Crippen LogP contribution in [0.2, 0.25) is 5.02 Å². The largest absolute Gasteiger partial charge is 0.330 e. The van der Waals surface area contributed by atoms with Crippen molar-refractivity contribution in [1.29, 1.82) is 0 Å². The van der Waals surface area contributed by atoms with E-state index < -0.39 is 5.82 Å². The third-order valence-corrected chi connectivity index (χ3v) is 2.99. The minimum atomic E-state index is -0.459. The third-order valence-electron chi connectivity index (χ3n) is 2.70. The van der Waals surface area contributed by atoms with E-state index in [9.17, 15) is 9.18 Å². The quantitative estimate of drug-likeness (QED) is 0.851. The Morgan fingerprint density at radius 3 is 2.82 bits per heavy atom. The van der Waals surface area contributed by atoms with Crippen LogP contribution in [0.5, 0.6) is 0 Å². The zero-order chi connectivity index (χ0) is 12.8. The van der Waals surface area contributed by atoms with Gasteiger partial charge in [0.25, 0.3) is 0 Å². The minimum Gasteiger partial charge on any atom is -0.330 e. The average molecular weight is 258 g/mol. The van der Waals surface area contributed by atoms with Crippen molar-refractivity contribution in [2.75, 3.05) is 6.54 Å². The monoisotopic (exact) mass is 257 g/mol. The number of halogens is 2. The van der Waals surface area contributed by atoms with Crippen LogP contribution in [0.3, 0.4) is 0 Å². The Labute approximate surface area is 106 Å². The van der Waals surface area contributed by atoms with E-state index >= 15 is 0 Å². The number of benzene rings is 1. The first-order valence-corrected chi connectivity index (χ1v) is 6.06. The fourth-order valence-corrected chi connectivity index (χ4v) is 1.69. The number of Topliss-reactive ketones (excluding diaryl/α,β-unsaturated/α-hetero) is 1. The highest BCUT2D eigenvalue weighted by Gasteiger charge is 2.08. The summed E-state index contributed by atoms with van der Waals surface area (Å²) in [6.07, 6.45) is 1.61. The predicted octanol–water partition coefficient (Wildman–Crippen LogP) is 2.97. The summed E-state index contributed by atoms with van der Waals surface area (Å²) < 4.78 is 12.9. The number of carbonyl (C=O) groups is 1. The molecular formula is C13H17ClFNO. The number of ketones is 1. The van der Waals surface area contributed by atoms with Crippen LogP contribution < -0.4 is 5.73 Å². The molecule has 2 nitrogen and oxygen atoms in total. The lowest BCUT2D eigenvalue weighted by molar-refractivity contribution is -0.118. The van der Waals surface area contributed by atoms with E-state index in [1.54, 1.807) is 6.07 Å². The Morgan fingerprint density at radius 1 is 1.53 bits per heavy atom. The summed E-state index contributed by atoms with van der Waals surface area (Å²) in [7, 11) is 0. The van der Waals surface area contributed by atoms with Crippen molar-refractivity contribution < 1.29 is 9.18 Å². The van der Waals surface area contributed by atoms with Crippen molar-refractivity contribution in [2.24, 2.45) is 11.7 Å². The van der Waals surface area contributed by atoms with E-state index in [0.717, 1.165) is 12.0 Å². The van der Waals surface area contributed by atoms with E-state index in [-0.39, 0.29) is 10.8 Å². The Hall–Kier alpha value is -0.930. The van der Waals surface area contributed by atoms with Gasteiger partial charge >= 0.3 is 0 Å². The molecule has 0 radical (unpaired) electrons. The summed E-state index contributed by atoms with van der Waals surface area (Å²) in [5, 5.41) is 0.0608. The topological polar surface area (TPSA) is 43.1 Å². The molecule has 0 saturated carbocycles. The minimum absolute atomic E-state index is 0.0608. The molecule has 17 heavy (non-hydrogen) atoms. The van der Waals surface area contributed by atoms with Gasteiger partial charge in [0.2, 0.25) is 0 Å². The third kappa shape index (κ3) is 4.84. The molecule has 0 bridgehead atoms. The zero-order valence-corrected chi connectivity index (χ0v) is 10.6. The van der Waals surface area contributed by atoms with Crippen LogP contribution in [0.1, 0.15) is 25.3 Å². The maximum Gasteiger partial charge on any atom is 0.141 e. The molecule has 0 spiro atoms. The fourth-order valence-electron chi connectivity index (χ4n) is 1.49. The molecule has 2 N–H and O–H groups in total. The van der Waals surface area contributed by atoms with Gasteiger partial charge in [0.1, 0.15) is 11.6 Å².